The zero-order valence-corrected chi connectivity index (χ0v) is 18.5. The van der Waals surface area contributed by atoms with Crippen molar-refractivity contribution in [1.29, 1.82) is 0 Å². The highest BCUT2D eigenvalue weighted by molar-refractivity contribution is 7.22. The summed E-state index contributed by atoms with van der Waals surface area (Å²) in [6, 6.07) is 11.9. The number of benzene rings is 2. The van der Waals surface area contributed by atoms with Gasteiger partial charge < -0.3 is 9.64 Å². The highest BCUT2D eigenvalue weighted by Gasteiger charge is 2.22. The Labute approximate surface area is 181 Å². The van der Waals surface area contributed by atoms with Gasteiger partial charge in [-0.3, -0.25) is 9.69 Å². The average Bonchev–Trinajstić information content (AvgIpc) is 3.18. The van der Waals surface area contributed by atoms with E-state index in [9.17, 15) is 9.18 Å². The van der Waals surface area contributed by atoms with Crippen LogP contribution in [0.15, 0.2) is 42.5 Å². The van der Waals surface area contributed by atoms with E-state index in [2.05, 4.69) is 18.7 Å². The minimum Gasteiger partial charge on any atom is -0.492 e. The number of nitrogens with zero attached hydrogens (tertiary/aromatic N) is 3. The van der Waals surface area contributed by atoms with E-state index in [0.717, 1.165) is 41.2 Å². The molecular formula is C23H28FN3O2S. The topological polar surface area (TPSA) is 45.7 Å². The number of fused-ring (bicyclic) bond motifs is 1. The fraction of sp³-hybridized carbons (Fsp3) is 0.391. The molecule has 1 aromatic heterocycles. The summed E-state index contributed by atoms with van der Waals surface area (Å²) in [5, 5.41) is 0.663. The molecular weight excluding hydrogens is 401 g/mol. The number of hydrogen-bond acceptors (Lipinski definition) is 5. The van der Waals surface area contributed by atoms with Crippen molar-refractivity contribution in [2.45, 2.75) is 27.2 Å². The summed E-state index contributed by atoms with van der Waals surface area (Å²) < 4.78 is 19.9. The smallest absolute Gasteiger partial charge is 0.233 e. The van der Waals surface area contributed by atoms with Gasteiger partial charge in [-0.2, -0.15) is 0 Å². The molecule has 0 aliphatic heterocycles. The molecule has 0 bridgehead atoms. The number of anilines is 1. The van der Waals surface area contributed by atoms with Gasteiger partial charge >= 0.3 is 0 Å². The molecule has 0 saturated heterocycles. The number of thiazole rings is 1. The number of para-hydroxylation sites is 1. The molecule has 1 amide bonds. The summed E-state index contributed by atoms with van der Waals surface area (Å²) >= 11 is 1.49. The Kier molecular flexibility index (Phi) is 7.76. The van der Waals surface area contributed by atoms with Crippen LogP contribution in [-0.4, -0.2) is 48.6 Å². The van der Waals surface area contributed by atoms with Crippen LogP contribution < -0.4 is 9.64 Å². The normalized spacial score (nSPS) is 11.2. The molecule has 7 heteroatoms. The summed E-state index contributed by atoms with van der Waals surface area (Å²) in [6.45, 7) is 9.87. The van der Waals surface area contributed by atoms with Crippen molar-refractivity contribution in [3.05, 3.63) is 53.8 Å². The minimum atomic E-state index is -0.306. The maximum Gasteiger partial charge on any atom is 0.233 e. The van der Waals surface area contributed by atoms with Crippen molar-refractivity contribution >= 4 is 32.6 Å². The number of amides is 1. The maximum absolute atomic E-state index is 13.2. The lowest BCUT2D eigenvalue weighted by Crippen LogP contribution is -2.39. The van der Waals surface area contributed by atoms with Crippen LogP contribution >= 0.6 is 11.3 Å². The number of aromatic nitrogens is 1. The second-order valence-corrected chi connectivity index (χ2v) is 7.92. The number of halogens is 1. The molecule has 3 aromatic rings. The molecule has 0 aliphatic rings. The van der Waals surface area contributed by atoms with Gasteiger partial charge in [0.2, 0.25) is 5.91 Å². The van der Waals surface area contributed by atoms with Gasteiger partial charge in [0, 0.05) is 13.1 Å². The Morgan fingerprint density at radius 2 is 1.80 bits per heavy atom. The number of carbonyl (C=O) groups excluding carboxylic acids is 1. The highest BCUT2D eigenvalue weighted by atomic mass is 32.1. The van der Waals surface area contributed by atoms with Crippen LogP contribution in [0.4, 0.5) is 9.52 Å². The van der Waals surface area contributed by atoms with Crippen molar-refractivity contribution in [2.24, 2.45) is 0 Å². The first-order chi connectivity index (χ1) is 14.5. The molecule has 0 saturated carbocycles. The summed E-state index contributed by atoms with van der Waals surface area (Å²) in [4.78, 5) is 22.0. The zero-order valence-electron chi connectivity index (χ0n) is 17.7. The van der Waals surface area contributed by atoms with E-state index in [1.54, 1.807) is 17.0 Å². The van der Waals surface area contributed by atoms with E-state index in [1.807, 2.05) is 25.1 Å². The Hall–Kier alpha value is -2.51. The molecule has 30 heavy (non-hydrogen) atoms. The third kappa shape index (κ3) is 5.34. The quantitative estimate of drug-likeness (QED) is 0.467. The number of rotatable bonds is 10. The highest BCUT2D eigenvalue weighted by Crippen LogP contribution is 2.34. The van der Waals surface area contributed by atoms with Crippen LogP contribution in [0.2, 0.25) is 0 Å². The summed E-state index contributed by atoms with van der Waals surface area (Å²) in [7, 11) is 0. The fourth-order valence-corrected chi connectivity index (χ4v) is 4.31. The maximum atomic E-state index is 13.2. The van der Waals surface area contributed by atoms with E-state index in [0.29, 0.717) is 18.3 Å². The monoisotopic (exact) mass is 429 g/mol. The molecule has 0 atom stereocenters. The lowest BCUT2D eigenvalue weighted by molar-refractivity contribution is -0.118. The summed E-state index contributed by atoms with van der Waals surface area (Å²) in [5.74, 6) is 0.372. The summed E-state index contributed by atoms with van der Waals surface area (Å²) in [6.07, 6.45) is 0.201. The molecule has 0 aliphatic carbocycles. The van der Waals surface area contributed by atoms with E-state index < -0.39 is 0 Å². The van der Waals surface area contributed by atoms with Crippen molar-refractivity contribution in [3.8, 4) is 5.75 Å². The van der Waals surface area contributed by atoms with Crippen LogP contribution in [-0.2, 0) is 11.2 Å². The Morgan fingerprint density at radius 1 is 1.07 bits per heavy atom. The fourth-order valence-electron chi connectivity index (χ4n) is 3.28. The van der Waals surface area contributed by atoms with Gasteiger partial charge in [0.05, 0.1) is 17.7 Å². The van der Waals surface area contributed by atoms with Crippen molar-refractivity contribution in [3.63, 3.8) is 0 Å². The number of likely N-dealkylation sites (N-methyl/N-ethyl adjacent to an activating group) is 1. The van der Waals surface area contributed by atoms with Gasteiger partial charge in [-0.05, 0) is 49.8 Å². The van der Waals surface area contributed by atoms with Gasteiger partial charge in [-0.15, -0.1) is 0 Å². The molecule has 0 N–H and O–H groups in total. The Balaban J connectivity index is 1.90. The minimum absolute atomic E-state index is 0.0502. The molecule has 0 unspecified atom stereocenters. The predicted molar refractivity (Wildman–Crippen MR) is 121 cm³/mol. The Morgan fingerprint density at radius 3 is 2.47 bits per heavy atom. The zero-order chi connectivity index (χ0) is 21.5. The average molecular weight is 430 g/mol. The number of carbonyl (C=O) groups is 1. The van der Waals surface area contributed by atoms with Crippen molar-refractivity contribution < 1.29 is 13.9 Å². The van der Waals surface area contributed by atoms with Gasteiger partial charge in [-0.25, -0.2) is 9.37 Å². The van der Waals surface area contributed by atoms with Crippen LogP contribution in [0, 0.1) is 5.82 Å². The first kappa shape index (κ1) is 22.2. The third-order valence-electron chi connectivity index (χ3n) is 5.01. The van der Waals surface area contributed by atoms with E-state index >= 15 is 0 Å². The van der Waals surface area contributed by atoms with Crippen LogP contribution in [0.3, 0.4) is 0 Å². The Bertz CT molecular complexity index is 970. The molecule has 2 aromatic carbocycles. The lowest BCUT2D eigenvalue weighted by atomic mass is 10.1. The number of hydrogen-bond donors (Lipinski definition) is 0. The standard InChI is InChI=1S/C23H28FN3O2S/c1-4-26(5-2)14-15-27(21(28)16-17-10-12-18(24)13-11-17)23-25-22-19(29-6-3)8-7-9-20(22)30-23/h7-13H,4-6,14-16H2,1-3H3. The van der Waals surface area contributed by atoms with Crippen LogP contribution in [0.1, 0.15) is 26.3 Å². The van der Waals surface area contributed by atoms with E-state index in [1.165, 1.54) is 23.5 Å². The largest absolute Gasteiger partial charge is 0.492 e. The van der Waals surface area contributed by atoms with Gasteiger partial charge in [-0.1, -0.05) is 43.4 Å². The molecule has 1 heterocycles. The first-order valence-corrected chi connectivity index (χ1v) is 11.2. The van der Waals surface area contributed by atoms with Crippen LogP contribution in [0.25, 0.3) is 10.2 Å². The molecule has 0 radical (unpaired) electrons. The van der Waals surface area contributed by atoms with E-state index in [-0.39, 0.29) is 18.1 Å². The van der Waals surface area contributed by atoms with Gasteiger partial charge in [0.25, 0.3) is 0 Å². The molecule has 3 rings (SSSR count). The molecule has 5 nitrogen and oxygen atoms in total. The van der Waals surface area contributed by atoms with Gasteiger partial charge in [0.1, 0.15) is 17.1 Å². The predicted octanol–water partition coefficient (Wildman–Crippen LogP) is 4.75. The van der Waals surface area contributed by atoms with Crippen molar-refractivity contribution in [2.75, 3.05) is 37.7 Å². The molecule has 0 spiro atoms. The van der Waals surface area contributed by atoms with E-state index in [4.69, 9.17) is 9.72 Å². The second-order valence-electron chi connectivity index (χ2n) is 6.91. The lowest BCUT2D eigenvalue weighted by Gasteiger charge is -2.24. The first-order valence-electron chi connectivity index (χ1n) is 10.3. The third-order valence-corrected chi connectivity index (χ3v) is 6.05. The molecule has 0 fully saturated rings. The van der Waals surface area contributed by atoms with Gasteiger partial charge in [0.15, 0.2) is 5.13 Å². The SMILES string of the molecule is CCOc1cccc2sc(N(CCN(CC)CC)C(=O)Cc3ccc(F)cc3)nc12. The second kappa shape index (κ2) is 10.5. The molecule has 160 valence electrons. The van der Waals surface area contributed by atoms with Crippen LogP contribution in [0.5, 0.6) is 5.75 Å². The summed E-state index contributed by atoms with van der Waals surface area (Å²) in [5.41, 5.74) is 1.56. The van der Waals surface area contributed by atoms with Crippen molar-refractivity contribution in [1.82, 2.24) is 9.88 Å². The number of ether oxygens (including phenoxy) is 1.